The highest BCUT2D eigenvalue weighted by atomic mass is 127. The number of nitrogens with zero attached hydrogens (tertiary/aromatic N) is 2. The maximum atomic E-state index is 6.22. The van der Waals surface area contributed by atoms with Crippen molar-refractivity contribution < 1.29 is 4.74 Å². The van der Waals surface area contributed by atoms with Crippen molar-refractivity contribution in [3.63, 3.8) is 0 Å². The molecule has 0 spiro atoms. The van der Waals surface area contributed by atoms with Gasteiger partial charge in [-0.15, -0.1) is 0 Å². The van der Waals surface area contributed by atoms with Gasteiger partial charge in [-0.2, -0.15) is 0 Å². The number of halogens is 2. The molecule has 1 unspecified atom stereocenters. The van der Waals surface area contributed by atoms with Crippen molar-refractivity contribution in [3.05, 3.63) is 20.2 Å². The summed E-state index contributed by atoms with van der Waals surface area (Å²) < 4.78 is 6.75. The van der Waals surface area contributed by atoms with Crippen molar-refractivity contribution in [2.24, 2.45) is 5.92 Å². The lowest BCUT2D eigenvalue weighted by Crippen LogP contribution is -2.14. The van der Waals surface area contributed by atoms with Crippen molar-refractivity contribution in [3.8, 4) is 0 Å². The Kier molecular flexibility index (Phi) is 4.83. The number of hydrogen-bond acceptors (Lipinski definition) is 3. The Labute approximate surface area is 127 Å². The molecule has 0 N–H and O–H groups in total. The summed E-state index contributed by atoms with van der Waals surface area (Å²) in [6.45, 7) is 6.94. The molecule has 2 rings (SSSR count). The molecule has 1 aromatic heterocycles. The van der Waals surface area contributed by atoms with Gasteiger partial charge in [-0.25, -0.2) is 9.97 Å². The Bertz CT molecular complexity index is 435. The molecule has 0 amide bonds. The van der Waals surface area contributed by atoms with Crippen molar-refractivity contribution in [2.45, 2.75) is 45.6 Å². The van der Waals surface area contributed by atoms with Crippen LogP contribution in [0.1, 0.15) is 57.2 Å². The first-order valence-electron chi connectivity index (χ1n) is 6.39. The van der Waals surface area contributed by atoms with Crippen LogP contribution in [0.5, 0.6) is 0 Å². The second kappa shape index (κ2) is 6.01. The number of aromatic nitrogens is 2. The summed E-state index contributed by atoms with van der Waals surface area (Å²) in [5, 5.41) is 0.551. The smallest absolute Gasteiger partial charge is 0.159 e. The Morgan fingerprint density at radius 3 is 2.56 bits per heavy atom. The van der Waals surface area contributed by atoms with E-state index in [1.165, 1.54) is 12.8 Å². The summed E-state index contributed by atoms with van der Waals surface area (Å²) >= 11 is 8.44. The minimum atomic E-state index is 0.0157. The van der Waals surface area contributed by atoms with E-state index in [0.717, 1.165) is 15.1 Å². The summed E-state index contributed by atoms with van der Waals surface area (Å²) in [5.74, 6) is 1.67. The Hall–Kier alpha value is 0.0600. The van der Waals surface area contributed by atoms with Gasteiger partial charge in [0.2, 0.25) is 0 Å². The molecule has 0 aromatic carbocycles. The van der Waals surface area contributed by atoms with Gasteiger partial charge in [0.1, 0.15) is 11.3 Å². The highest BCUT2D eigenvalue weighted by molar-refractivity contribution is 14.1. The molecule has 1 aliphatic carbocycles. The van der Waals surface area contributed by atoms with Gasteiger partial charge in [0.15, 0.2) is 5.82 Å². The predicted molar refractivity (Wildman–Crippen MR) is 80.9 cm³/mol. The van der Waals surface area contributed by atoms with Crippen LogP contribution in [0.4, 0.5) is 0 Å². The van der Waals surface area contributed by atoms with Gasteiger partial charge in [-0.1, -0.05) is 25.4 Å². The van der Waals surface area contributed by atoms with E-state index in [1.54, 1.807) is 0 Å². The van der Waals surface area contributed by atoms with Crippen LogP contribution >= 0.6 is 34.2 Å². The fourth-order valence-electron chi connectivity index (χ4n) is 1.96. The van der Waals surface area contributed by atoms with Crippen molar-refractivity contribution >= 4 is 34.2 Å². The van der Waals surface area contributed by atoms with Gasteiger partial charge in [-0.05, 0) is 54.2 Å². The maximum Gasteiger partial charge on any atom is 0.159 e. The van der Waals surface area contributed by atoms with Crippen LogP contribution in [0.25, 0.3) is 0 Å². The highest BCUT2D eigenvalue weighted by Gasteiger charge is 2.35. The van der Waals surface area contributed by atoms with E-state index < -0.39 is 0 Å². The van der Waals surface area contributed by atoms with Gasteiger partial charge in [0.25, 0.3) is 0 Å². The lowest BCUT2D eigenvalue weighted by Gasteiger charge is -2.18. The van der Waals surface area contributed by atoms with Gasteiger partial charge < -0.3 is 4.74 Å². The molecule has 1 atom stereocenters. The van der Waals surface area contributed by atoms with E-state index in [-0.39, 0.29) is 6.10 Å². The molecule has 0 radical (unpaired) electrons. The molecular formula is C13H18ClIN2O. The van der Waals surface area contributed by atoms with Crippen LogP contribution in [0.3, 0.4) is 0 Å². The van der Waals surface area contributed by atoms with E-state index >= 15 is 0 Å². The molecule has 3 nitrogen and oxygen atoms in total. The number of hydrogen-bond donors (Lipinski definition) is 0. The molecule has 0 saturated heterocycles. The zero-order valence-electron chi connectivity index (χ0n) is 10.9. The van der Waals surface area contributed by atoms with E-state index in [0.29, 0.717) is 23.6 Å². The van der Waals surface area contributed by atoms with Gasteiger partial charge in [0.05, 0.1) is 9.26 Å². The molecule has 5 heteroatoms. The van der Waals surface area contributed by atoms with Crippen LogP contribution in [0, 0.1) is 9.49 Å². The second-order valence-corrected chi connectivity index (χ2v) is 6.38. The fourth-order valence-corrected chi connectivity index (χ4v) is 3.01. The topological polar surface area (TPSA) is 35.0 Å². The Balaban J connectivity index is 2.37. The van der Waals surface area contributed by atoms with Crippen LogP contribution in [0.15, 0.2) is 0 Å². The quantitative estimate of drug-likeness (QED) is 0.563. The lowest BCUT2D eigenvalue weighted by atomic mass is 10.1. The molecule has 0 aliphatic heterocycles. The minimum absolute atomic E-state index is 0.0157. The molecule has 1 saturated carbocycles. The minimum Gasteiger partial charge on any atom is -0.370 e. The van der Waals surface area contributed by atoms with E-state index in [2.05, 4.69) is 46.4 Å². The summed E-state index contributed by atoms with van der Waals surface area (Å²) in [7, 11) is 0. The first-order valence-corrected chi connectivity index (χ1v) is 7.84. The molecule has 1 fully saturated rings. The van der Waals surface area contributed by atoms with Crippen LogP contribution < -0.4 is 0 Å². The summed E-state index contributed by atoms with van der Waals surface area (Å²) in [4.78, 5) is 9.10. The summed E-state index contributed by atoms with van der Waals surface area (Å²) in [5.41, 5.74) is 1.02. The van der Waals surface area contributed by atoms with Crippen molar-refractivity contribution in [2.75, 3.05) is 6.61 Å². The van der Waals surface area contributed by atoms with E-state index in [1.807, 2.05) is 6.92 Å². The first-order chi connectivity index (χ1) is 8.54. The summed E-state index contributed by atoms with van der Waals surface area (Å²) in [6.07, 6.45) is 2.42. The lowest BCUT2D eigenvalue weighted by molar-refractivity contribution is 0.0398. The van der Waals surface area contributed by atoms with Crippen molar-refractivity contribution in [1.82, 2.24) is 9.97 Å². The SMILES string of the molecule is CCOC(c1nc(Cl)c(I)c(C(C)C)n1)C1CC1. The van der Waals surface area contributed by atoms with Crippen LogP contribution in [-0.2, 0) is 4.74 Å². The predicted octanol–water partition coefficient (Wildman–Crippen LogP) is 4.35. The van der Waals surface area contributed by atoms with E-state index in [9.17, 15) is 0 Å². The Morgan fingerprint density at radius 2 is 2.06 bits per heavy atom. The molecule has 100 valence electrons. The zero-order chi connectivity index (χ0) is 13.3. The second-order valence-electron chi connectivity index (χ2n) is 4.94. The largest absolute Gasteiger partial charge is 0.370 e. The third kappa shape index (κ3) is 3.14. The average Bonchev–Trinajstić information content (AvgIpc) is 3.13. The van der Waals surface area contributed by atoms with Crippen LogP contribution in [0.2, 0.25) is 5.15 Å². The zero-order valence-corrected chi connectivity index (χ0v) is 13.8. The normalized spacial score (nSPS) is 17.2. The molecular weight excluding hydrogens is 363 g/mol. The number of rotatable bonds is 5. The standard InChI is InChI=1S/C13H18ClIN2O/c1-4-18-11(8-5-6-8)13-16-10(7(2)3)9(15)12(14)17-13/h7-8,11H,4-6H2,1-3H3. The molecule has 1 aromatic rings. The van der Waals surface area contributed by atoms with Crippen LogP contribution in [-0.4, -0.2) is 16.6 Å². The van der Waals surface area contributed by atoms with Gasteiger partial charge in [0, 0.05) is 6.61 Å². The molecule has 1 heterocycles. The van der Waals surface area contributed by atoms with E-state index in [4.69, 9.17) is 16.3 Å². The molecule has 1 aliphatic rings. The monoisotopic (exact) mass is 380 g/mol. The van der Waals surface area contributed by atoms with Gasteiger partial charge >= 0.3 is 0 Å². The number of ether oxygens (including phenoxy) is 1. The third-order valence-electron chi connectivity index (χ3n) is 3.05. The highest BCUT2D eigenvalue weighted by Crippen LogP contribution is 2.43. The van der Waals surface area contributed by atoms with Gasteiger partial charge in [-0.3, -0.25) is 0 Å². The van der Waals surface area contributed by atoms with Crippen molar-refractivity contribution in [1.29, 1.82) is 0 Å². The molecule has 0 bridgehead atoms. The summed E-state index contributed by atoms with van der Waals surface area (Å²) in [6, 6.07) is 0. The maximum absolute atomic E-state index is 6.22. The average molecular weight is 381 g/mol. The first kappa shape index (κ1) is 14.5. The molecule has 18 heavy (non-hydrogen) atoms. The third-order valence-corrected chi connectivity index (χ3v) is 4.71. The Morgan fingerprint density at radius 1 is 1.39 bits per heavy atom. The fraction of sp³-hybridized carbons (Fsp3) is 0.692.